The first-order valence-corrected chi connectivity index (χ1v) is 11.0. The van der Waals surface area contributed by atoms with Crippen LogP contribution in [0.4, 0.5) is 5.69 Å². The van der Waals surface area contributed by atoms with Crippen LogP contribution in [-0.4, -0.2) is 52.8 Å². The van der Waals surface area contributed by atoms with Crippen LogP contribution in [0.2, 0.25) is 0 Å². The number of nitrogens with one attached hydrogen (secondary N) is 1. The molecule has 0 atom stereocenters. The molecule has 1 fully saturated rings. The highest BCUT2D eigenvalue weighted by Gasteiger charge is 2.22. The standard InChI is InChI=1S/C26H28N4O2/c1-2-20-8-10-21(11-9-20)19-29-14-16-30(17-15-29)26(32)22-12-13-24(27-18-22)25(31)28-23-6-4-3-5-7-23/h3-13,18H,2,14-17,19H2,1H3,(H,28,31). The maximum atomic E-state index is 12.9. The van der Waals surface area contributed by atoms with E-state index in [1.165, 1.54) is 17.3 Å². The number of rotatable bonds is 6. The zero-order valence-electron chi connectivity index (χ0n) is 18.3. The van der Waals surface area contributed by atoms with E-state index in [1.54, 1.807) is 12.1 Å². The molecule has 0 bridgehead atoms. The van der Waals surface area contributed by atoms with Crippen LogP contribution in [0.15, 0.2) is 72.9 Å². The second-order valence-electron chi connectivity index (χ2n) is 7.99. The summed E-state index contributed by atoms with van der Waals surface area (Å²) >= 11 is 0. The zero-order chi connectivity index (χ0) is 22.3. The van der Waals surface area contributed by atoms with Crippen molar-refractivity contribution in [2.75, 3.05) is 31.5 Å². The van der Waals surface area contributed by atoms with Crippen LogP contribution < -0.4 is 5.32 Å². The number of aryl methyl sites for hydroxylation is 1. The molecule has 6 heteroatoms. The van der Waals surface area contributed by atoms with Crippen LogP contribution in [0.5, 0.6) is 0 Å². The minimum absolute atomic E-state index is 0.0422. The van der Waals surface area contributed by atoms with Crippen molar-refractivity contribution in [1.29, 1.82) is 0 Å². The highest BCUT2D eigenvalue weighted by atomic mass is 16.2. The lowest BCUT2D eigenvalue weighted by atomic mass is 10.1. The molecule has 2 aromatic carbocycles. The van der Waals surface area contributed by atoms with Gasteiger partial charge in [-0.1, -0.05) is 49.4 Å². The molecular weight excluding hydrogens is 400 g/mol. The van der Waals surface area contributed by atoms with Crippen LogP contribution >= 0.6 is 0 Å². The Hall–Kier alpha value is -3.51. The molecular formula is C26H28N4O2. The highest BCUT2D eigenvalue weighted by Crippen LogP contribution is 2.14. The molecule has 0 saturated carbocycles. The smallest absolute Gasteiger partial charge is 0.274 e. The molecule has 0 spiro atoms. The Morgan fingerprint density at radius 2 is 1.56 bits per heavy atom. The molecule has 1 N–H and O–H groups in total. The van der Waals surface area contributed by atoms with Crippen molar-refractivity contribution >= 4 is 17.5 Å². The molecule has 0 radical (unpaired) electrons. The second kappa shape index (κ2) is 10.2. The Morgan fingerprint density at radius 3 is 2.19 bits per heavy atom. The molecule has 0 aliphatic carbocycles. The number of piperazine rings is 1. The van der Waals surface area contributed by atoms with Gasteiger partial charge >= 0.3 is 0 Å². The summed E-state index contributed by atoms with van der Waals surface area (Å²) in [6.07, 6.45) is 2.54. The number of pyridine rings is 1. The molecule has 2 heterocycles. The number of anilines is 1. The molecule has 32 heavy (non-hydrogen) atoms. The third kappa shape index (κ3) is 5.39. The zero-order valence-corrected chi connectivity index (χ0v) is 18.3. The first kappa shape index (κ1) is 21.7. The van der Waals surface area contributed by atoms with Crippen molar-refractivity contribution in [3.63, 3.8) is 0 Å². The fourth-order valence-corrected chi connectivity index (χ4v) is 3.80. The number of nitrogens with zero attached hydrogens (tertiary/aromatic N) is 3. The molecule has 2 amide bonds. The summed E-state index contributed by atoms with van der Waals surface area (Å²) in [7, 11) is 0. The number of benzene rings is 2. The van der Waals surface area contributed by atoms with E-state index in [4.69, 9.17) is 0 Å². The summed E-state index contributed by atoms with van der Waals surface area (Å²) < 4.78 is 0. The topological polar surface area (TPSA) is 65.5 Å². The summed E-state index contributed by atoms with van der Waals surface area (Å²) in [6, 6.07) is 21.3. The monoisotopic (exact) mass is 428 g/mol. The fraction of sp³-hybridized carbons (Fsp3) is 0.269. The van der Waals surface area contributed by atoms with Gasteiger partial charge in [0.05, 0.1) is 5.56 Å². The largest absolute Gasteiger partial charge is 0.336 e. The third-order valence-corrected chi connectivity index (χ3v) is 5.77. The Bertz CT molecular complexity index is 1040. The predicted octanol–water partition coefficient (Wildman–Crippen LogP) is 3.85. The van der Waals surface area contributed by atoms with Gasteiger partial charge in [0.2, 0.25) is 0 Å². The van der Waals surface area contributed by atoms with E-state index in [0.717, 1.165) is 26.1 Å². The number of hydrogen-bond acceptors (Lipinski definition) is 4. The van der Waals surface area contributed by atoms with Crippen LogP contribution in [0.25, 0.3) is 0 Å². The summed E-state index contributed by atoms with van der Waals surface area (Å²) in [5.41, 5.74) is 4.14. The molecule has 0 unspecified atom stereocenters. The highest BCUT2D eigenvalue weighted by molar-refractivity contribution is 6.03. The van der Waals surface area contributed by atoms with Gasteiger partial charge in [-0.2, -0.15) is 0 Å². The van der Waals surface area contributed by atoms with Gasteiger partial charge in [0.15, 0.2) is 0 Å². The van der Waals surface area contributed by atoms with E-state index >= 15 is 0 Å². The molecule has 4 rings (SSSR count). The minimum atomic E-state index is -0.296. The third-order valence-electron chi connectivity index (χ3n) is 5.77. The van der Waals surface area contributed by atoms with Crippen molar-refractivity contribution < 1.29 is 9.59 Å². The van der Waals surface area contributed by atoms with E-state index in [1.807, 2.05) is 35.2 Å². The molecule has 164 valence electrons. The lowest BCUT2D eigenvalue weighted by Gasteiger charge is -2.34. The van der Waals surface area contributed by atoms with Crippen molar-refractivity contribution in [3.8, 4) is 0 Å². The summed E-state index contributed by atoms with van der Waals surface area (Å²) in [5, 5.41) is 2.80. The lowest BCUT2D eigenvalue weighted by Crippen LogP contribution is -2.48. The number of hydrogen-bond donors (Lipinski definition) is 1. The molecule has 1 aliphatic heterocycles. The molecule has 3 aromatic rings. The predicted molar refractivity (Wildman–Crippen MR) is 126 cm³/mol. The van der Waals surface area contributed by atoms with Crippen molar-refractivity contribution in [1.82, 2.24) is 14.8 Å². The number of para-hydroxylation sites is 1. The normalized spacial score (nSPS) is 14.2. The first-order valence-electron chi connectivity index (χ1n) is 11.0. The van der Waals surface area contributed by atoms with E-state index in [-0.39, 0.29) is 17.5 Å². The summed E-state index contributed by atoms with van der Waals surface area (Å²) in [4.78, 5) is 33.7. The van der Waals surface area contributed by atoms with Gasteiger partial charge in [-0.15, -0.1) is 0 Å². The number of carbonyl (C=O) groups excluding carboxylic acids is 2. The Kier molecular flexibility index (Phi) is 6.92. The number of aromatic nitrogens is 1. The van der Waals surface area contributed by atoms with Crippen LogP contribution in [-0.2, 0) is 13.0 Å². The number of carbonyl (C=O) groups is 2. The molecule has 6 nitrogen and oxygen atoms in total. The minimum Gasteiger partial charge on any atom is -0.336 e. The Balaban J connectivity index is 1.29. The average Bonchev–Trinajstić information content (AvgIpc) is 2.85. The molecule has 1 aromatic heterocycles. The Morgan fingerprint density at radius 1 is 0.875 bits per heavy atom. The maximum absolute atomic E-state index is 12.9. The lowest BCUT2D eigenvalue weighted by molar-refractivity contribution is 0.0627. The van der Waals surface area contributed by atoms with Crippen molar-refractivity contribution in [3.05, 3.63) is 95.3 Å². The SMILES string of the molecule is CCc1ccc(CN2CCN(C(=O)c3ccc(C(=O)Nc4ccccc4)nc3)CC2)cc1. The van der Waals surface area contributed by atoms with E-state index < -0.39 is 0 Å². The summed E-state index contributed by atoms with van der Waals surface area (Å²) in [6.45, 7) is 6.11. The van der Waals surface area contributed by atoms with Gasteiger partial charge < -0.3 is 10.2 Å². The van der Waals surface area contributed by atoms with Crippen molar-refractivity contribution in [2.45, 2.75) is 19.9 Å². The van der Waals surface area contributed by atoms with E-state index in [0.29, 0.717) is 24.3 Å². The van der Waals surface area contributed by atoms with Gasteiger partial charge in [-0.05, 0) is 41.8 Å². The van der Waals surface area contributed by atoms with Gasteiger partial charge in [0.25, 0.3) is 11.8 Å². The summed E-state index contributed by atoms with van der Waals surface area (Å²) in [5.74, 6) is -0.338. The quantitative estimate of drug-likeness (QED) is 0.648. The Labute approximate surface area is 188 Å². The van der Waals surface area contributed by atoms with Crippen LogP contribution in [0.3, 0.4) is 0 Å². The number of amides is 2. The maximum Gasteiger partial charge on any atom is 0.274 e. The first-order chi connectivity index (χ1) is 15.6. The van der Waals surface area contributed by atoms with E-state index in [9.17, 15) is 9.59 Å². The van der Waals surface area contributed by atoms with Gasteiger partial charge in [-0.3, -0.25) is 19.5 Å². The van der Waals surface area contributed by atoms with Gasteiger partial charge in [0.1, 0.15) is 5.69 Å². The molecule has 1 saturated heterocycles. The fourth-order valence-electron chi connectivity index (χ4n) is 3.80. The molecule has 1 aliphatic rings. The van der Waals surface area contributed by atoms with Gasteiger partial charge in [0, 0.05) is 44.6 Å². The average molecular weight is 429 g/mol. The van der Waals surface area contributed by atoms with E-state index in [2.05, 4.69) is 46.4 Å². The second-order valence-corrected chi connectivity index (χ2v) is 7.99. The van der Waals surface area contributed by atoms with Crippen molar-refractivity contribution in [2.24, 2.45) is 0 Å². The van der Waals surface area contributed by atoms with Gasteiger partial charge in [-0.25, -0.2) is 0 Å². The van der Waals surface area contributed by atoms with Crippen LogP contribution in [0, 0.1) is 0 Å². The van der Waals surface area contributed by atoms with Crippen LogP contribution in [0.1, 0.15) is 38.9 Å².